The van der Waals surface area contributed by atoms with Gasteiger partial charge in [-0.1, -0.05) is 29.8 Å². The number of rotatable bonds is 6. The topological polar surface area (TPSA) is 62.1 Å². The van der Waals surface area contributed by atoms with Crippen LogP contribution in [0, 0.1) is 0 Å². The second kappa shape index (κ2) is 8.61. The molecule has 3 aromatic rings. The summed E-state index contributed by atoms with van der Waals surface area (Å²) in [6, 6.07) is 11.6. The second-order valence-corrected chi connectivity index (χ2v) is 6.98. The third kappa shape index (κ3) is 4.71. The molecule has 6 nitrogen and oxygen atoms in total. The van der Waals surface area contributed by atoms with Gasteiger partial charge < -0.3 is 9.47 Å². The van der Waals surface area contributed by atoms with E-state index in [2.05, 4.69) is 15.1 Å². The molecule has 0 radical (unpaired) electrons. The number of hydrogen-bond acceptors (Lipinski definition) is 5. The largest absolute Gasteiger partial charge is 0.372 e. The summed E-state index contributed by atoms with van der Waals surface area (Å²) in [5.41, 5.74) is 2.83. The van der Waals surface area contributed by atoms with Crippen molar-refractivity contribution in [2.45, 2.75) is 38.7 Å². The standard InChI is InChI=1S/C20H21ClN4O2/c21-17-7-4-15(5-8-17)12-26-13-16-6-9-18(22-11-16)20-23-14-25(24-20)19-3-1-2-10-27-19/h4-9,11,14,19H,1-3,10,12-13H2. The Hall–Kier alpha value is -2.28. The van der Waals surface area contributed by atoms with E-state index >= 15 is 0 Å². The molecule has 27 heavy (non-hydrogen) atoms. The van der Waals surface area contributed by atoms with Crippen LogP contribution in [-0.4, -0.2) is 26.4 Å². The Morgan fingerprint density at radius 3 is 2.59 bits per heavy atom. The molecule has 1 aliphatic rings. The lowest BCUT2D eigenvalue weighted by Crippen LogP contribution is -2.18. The van der Waals surface area contributed by atoms with Crippen molar-refractivity contribution in [1.82, 2.24) is 19.7 Å². The van der Waals surface area contributed by atoms with Crippen LogP contribution in [-0.2, 0) is 22.7 Å². The Bertz CT molecular complexity index is 858. The maximum atomic E-state index is 5.88. The predicted octanol–water partition coefficient (Wildman–Crippen LogP) is 4.41. The van der Waals surface area contributed by atoms with E-state index in [4.69, 9.17) is 21.1 Å². The van der Waals surface area contributed by atoms with Crippen LogP contribution in [0.25, 0.3) is 11.5 Å². The van der Waals surface area contributed by atoms with Gasteiger partial charge in [0.2, 0.25) is 0 Å². The molecule has 7 heteroatoms. The lowest BCUT2D eigenvalue weighted by molar-refractivity contribution is -0.0395. The zero-order chi connectivity index (χ0) is 18.5. The molecule has 2 aromatic heterocycles. The highest BCUT2D eigenvalue weighted by Gasteiger charge is 2.17. The van der Waals surface area contributed by atoms with Crippen LogP contribution < -0.4 is 0 Å². The average molecular weight is 385 g/mol. The van der Waals surface area contributed by atoms with Gasteiger partial charge in [0.1, 0.15) is 12.0 Å². The summed E-state index contributed by atoms with van der Waals surface area (Å²) < 4.78 is 13.3. The molecule has 1 saturated heterocycles. The molecule has 0 saturated carbocycles. The SMILES string of the molecule is Clc1ccc(COCc2ccc(-c3ncn(C4CCCCO4)n3)nc2)cc1. The number of ether oxygens (including phenoxy) is 2. The number of hydrogen-bond donors (Lipinski definition) is 0. The highest BCUT2D eigenvalue weighted by Crippen LogP contribution is 2.22. The average Bonchev–Trinajstić information content (AvgIpc) is 3.21. The van der Waals surface area contributed by atoms with Crippen molar-refractivity contribution in [1.29, 1.82) is 0 Å². The first-order valence-electron chi connectivity index (χ1n) is 9.08. The summed E-state index contributed by atoms with van der Waals surface area (Å²) in [6.07, 6.45) is 6.75. The maximum Gasteiger partial charge on any atom is 0.199 e. The smallest absolute Gasteiger partial charge is 0.199 e. The Balaban J connectivity index is 1.33. The molecule has 0 amide bonds. The summed E-state index contributed by atoms with van der Waals surface area (Å²) in [5.74, 6) is 0.609. The first-order valence-corrected chi connectivity index (χ1v) is 9.46. The van der Waals surface area contributed by atoms with Crippen LogP contribution in [0.2, 0.25) is 5.02 Å². The number of pyridine rings is 1. The van der Waals surface area contributed by atoms with Crippen LogP contribution in [0.15, 0.2) is 48.9 Å². The van der Waals surface area contributed by atoms with Gasteiger partial charge in [-0.15, -0.1) is 5.10 Å². The van der Waals surface area contributed by atoms with Gasteiger partial charge in [0.05, 0.1) is 13.2 Å². The van der Waals surface area contributed by atoms with Gasteiger partial charge >= 0.3 is 0 Å². The number of benzene rings is 1. The van der Waals surface area contributed by atoms with E-state index in [1.807, 2.05) is 36.4 Å². The van der Waals surface area contributed by atoms with E-state index < -0.39 is 0 Å². The number of halogens is 1. The van der Waals surface area contributed by atoms with Crippen molar-refractivity contribution < 1.29 is 9.47 Å². The Labute approximate surface area is 163 Å². The van der Waals surface area contributed by atoms with E-state index in [1.165, 1.54) is 0 Å². The quantitative estimate of drug-likeness (QED) is 0.630. The lowest BCUT2D eigenvalue weighted by atomic mass is 10.2. The van der Waals surface area contributed by atoms with Crippen molar-refractivity contribution in [3.63, 3.8) is 0 Å². The molecular formula is C20H21ClN4O2. The third-order valence-corrected chi connectivity index (χ3v) is 4.72. The van der Waals surface area contributed by atoms with Crippen LogP contribution in [0.5, 0.6) is 0 Å². The van der Waals surface area contributed by atoms with Gasteiger partial charge in [-0.05, 0) is 48.6 Å². The minimum Gasteiger partial charge on any atom is -0.372 e. The van der Waals surface area contributed by atoms with Crippen molar-refractivity contribution in [2.75, 3.05) is 6.61 Å². The molecular weight excluding hydrogens is 364 g/mol. The molecule has 1 fully saturated rings. The van der Waals surface area contributed by atoms with E-state index in [1.54, 1.807) is 17.2 Å². The van der Waals surface area contributed by atoms with E-state index in [-0.39, 0.29) is 6.23 Å². The van der Waals surface area contributed by atoms with Gasteiger partial charge in [-0.25, -0.2) is 9.67 Å². The van der Waals surface area contributed by atoms with E-state index in [0.29, 0.717) is 19.0 Å². The van der Waals surface area contributed by atoms with Crippen LogP contribution in [0.1, 0.15) is 36.6 Å². The molecule has 140 valence electrons. The van der Waals surface area contributed by atoms with Gasteiger partial charge in [0.25, 0.3) is 0 Å². The Kier molecular flexibility index (Phi) is 5.77. The molecule has 0 N–H and O–H groups in total. The monoisotopic (exact) mass is 384 g/mol. The third-order valence-electron chi connectivity index (χ3n) is 4.46. The summed E-state index contributed by atoms with van der Waals surface area (Å²) in [6.45, 7) is 1.81. The van der Waals surface area contributed by atoms with Gasteiger partial charge in [-0.2, -0.15) is 0 Å². The van der Waals surface area contributed by atoms with Crippen molar-refractivity contribution >= 4 is 11.6 Å². The minimum absolute atomic E-state index is 0.0134. The van der Waals surface area contributed by atoms with Crippen molar-refractivity contribution in [3.8, 4) is 11.5 Å². The summed E-state index contributed by atoms with van der Waals surface area (Å²) >= 11 is 5.88. The number of aromatic nitrogens is 4. The fourth-order valence-corrected chi connectivity index (χ4v) is 3.10. The zero-order valence-electron chi connectivity index (χ0n) is 14.9. The van der Waals surface area contributed by atoms with Crippen LogP contribution in [0.4, 0.5) is 0 Å². The van der Waals surface area contributed by atoms with Crippen molar-refractivity contribution in [3.05, 3.63) is 65.1 Å². The molecule has 1 atom stereocenters. The highest BCUT2D eigenvalue weighted by atomic mass is 35.5. The van der Waals surface area contributed by atoms with Gasteiger partial charge in [-0.3, -0.25) is 4.98 Å². The molecule has 1 unspecified atom stereocenters. The molecule has 1 aliphatic heterocycles. The van der Waals surface area contributed by atoms with E-state index in [9.17, 15) is 0 Å². The zero-order valence-corrected chi connectivity index (χ0v) is 15.7. The second-order valence-electron chi connectivity index (χ2n) is 6.54. The normalized spacial score (nSPS) is 17.1. The van der Waals surface area contributed by atoms with Gasteiger partial charge in [0.15, 0.2) is 12.1 Å². The summed E-state index contributed by atoms with van der Waals surface area (Å²) in [5, 5.41) is 5.25. The molecule has 3 heterocycles. The Morgan fingerprint density at radius 1 is 1.04 bits per heavy atom. The molecule has 4 rings (SSSR count). The molecule has 1 aromatic carbocycles. The first-order chi connectivity index (χ1) is 13.3. The maximum absolute atomic E-state index is 5.88. The highest BCUT2D eigenvalue weighted by molar-refractivity contribution is 6.30. The minimum atomic E-state index is -0.0134. The van der Waals surface area contributed by atoms with Crippen LogP contribution >= 0.6 is 11.6 Å². The molecule has 0 aliphatic carbocycles. The summed E-state index contributed by atoms with van der Waals surface area (Å²) in [7, 11) is 0. The fourth-order valence-electron chi connectivity index (χ4n) is 2.97. The predicted molar refractivity (Wildman–Crippen MR) is 102 cm³/mol. The fraction of sp³-hybridized carbons (Fsp3) is 0.350. The molecule has 0 bridgehead atoms. The Morgan fingerprint density at radius 2 is 1.85 bits per heavy atom. The van der Waals surface area contributed by atoms with Crippen LogP contribution in [0.3, 0.4) is 0 Å². The number of nitrogens with zero attached hydrogens (tertiary/aromatic N) is 4. The summed E-state index contributed by atoms with van der Waals surface area (Å²) in [4.78, 5) is 8.84. The first kappa shape index (κ1) is 18.1. The lowest BCUT2D eigenvalue weighted by Gasteiger charge is -2.21. The van der Waals surface area contributed by atoms with Crippen molar-refractivity contribution in [2.24, 2.45) is 0 Å². The van der Waals surface area contributed by atoms with E-state index in [0.717, 1.165) is 47.7 Å². The van der Waals surface area contributed by atoms with Gasteiger partial charge in [0, 0.05) is 17.8 Å². The molecule has 0 spiro atoms.